The topological polar surface area (TPSA) is 90.2 Å². The molecule has 0 amide bonds. The predicted molar refractivity (Wildman–Crippen MR) is 71.0 cm³/mol. The molecule has 2 aromatic carbocycles. The molecular formula is C15H14O5. The first-order valence-corrected chi connectivity index (χ1v) is 6.23. The highest BCUT2D eigenvalue weighted by Gasteiger charge is 2.30. The van der Waals surface area contributed by atoms with Crippen molar-refractivity contribution in [2.75, 3.05) is 0 Å². The number of hydrogen-bond acceptors (Lipinski definition) is 5. The van der Waals surface area contributed by atoms with Crippen LogP contribution < -0.4 is 4.74 Å². The Labute approximate surface area is 115 Å². The molecule has 0 spiro atoms. The molecule has 2 atom stereocenters. The Morgan fingerprint density at radius 3 is 2.50 bits per heavy atom. The average molecular weight is 274 g/mol. The van der Waals surface area contributed by atoms with Crippen LogP contribution in [-0.4, -0.2) is 26.5 Å². The van der Waals surface area contributed by atoms with Gasteiger partial charge in [0.2, 0.25) is 0 Å². The van der Waals surface area contributed by atoms with E-state index in [1.165, 1.54) is 18.2 Å². The largest absolute Gasteiger partial charge is 0.508 e. The first-order chi connectivity index (χ1) is 9.54. The fourth-order valence-corrected chi connectivity index (χ4v) is 2.38. The standard InChI is InChI=1S/C15H14O5/c16-10-3-1-8-5-13(19)15(20-14(8)7-10)9-2-4-11(17)12(18)6-9/h1-4,6-7,13,15-19H,5H2/t13-,15?/m1/s1. The minimum Gasteiger partial charge on any atom is -0.508 e. The highest BCUT2D eigenvalue weighted by atomic mass is 16.5. The lowest BCUT2D eigenvalue weighted by atomic mass is 9.94. The van der Waals surface area contributed by atoms with Crippen molar-refractivity contribution in [3.8, 4) is 23.0 Å². The van der Waals surface area contributed by atoms with E-state index >= 15 is 0 Å². The number of phenolic OH excluding ortho intramolecular Hbond substituents is 3. The van der Waals surface area contributed by atoms with Gasteiger partial charge in [-0.1, -0.05) is 12.1 Å². The molecule has 5 heteroatoms. The second-order valence-electron chi connectivity index (χ2n) is 4.85. The molecule has 104 valence electrons. The van der Waals surface area contributed by atoms with Crippen molar-refractivity contribution in [1.29, 1.82) is 0 Å². The van der Waals surface area contributed by atoms with Gasteiger partial charge < -0.3 is 25.2 Å². The SMILES string of the molecule is Oc1ccc2c(c1)OC(c1ccc(O)c(O)c1)[C@H](O)C2. The first-order valence-electron chi connectivity index (χ1n) is 6.23. The molecule has 0 saturated carbocycles. The van der Waals surface area contributed by atoms with Crippen LogP contribution in [-0.2, 0) is 6.42 Å². The van der Waals surface area contributed by atoms with Crippen LogP contribution in [0.4, 0.5) is 0 Å². The lowest BCUT2D eigenvalue weighted by Gasteiger charge is -2.31. The van der Waals surface area contributed by atoms with Crippen molar-refractivity contribution in [3.63, 3.8) is 0 Å². The summed E-state index contributed by atoms with van der Waals surface area (Å²) in [6.45, 7) is 0. The van der Waals surface area contributed by atoms with Crippen LogP contribution in [0.25, 0.3) is 0 Å². The molecule has 3 rings (SSSR count). The minimum absolute atomic E-state index is 0.0902. The quantitative estimate of drug-likeness (QED) is 0.596. The summed E-state index contributed by atoms with van der Waals surface area (Å²) in [4.78, 5) is 0. The van der Waals surface area contributed by atoms with Gasteiger partial charge in [-0.05, 0) is 29.3 Å². The fourth-order valence-electron chi connectivity index (χ4n) is 2.38. The summed E-state index contributed by atoms with van der Waals surface area (Å²) in [7, 11) is 0. The van der Waals surface area contributed by atoms with Gasteiger partial charge in [-0.25, -0.2) is 0 Å². The van der Waals surface area contributed by atoms with Crippen molar-refractivity contribution in [3.05, 3.63) is 47.5 Å². The summed E-state index contributed by atoms with van der Waals surface area (Å²) in [6.07, 6.45) is -1.03. The molecule has 0 bridgehead atoms. The summed E-state index contributed by atoms with van der Waals surface area (Å²) in [5.41, 5.74) is 1.37. The Morgan fingerprint density at radius 1 is 0.950 bits per heavy atom. The number of hydrogen-bond donors (Lipinski definition) is 4. The van der Waals surface area contributed by atoms with E-state index in [1.807, 2.05) is 0 Å². The van der Waals surface area contributed by atoms with Crippen molar-refractivity contribution >= 4 is 0 Å². The van der Waals surface area contributed by atoms with E-state index < -0.39 is 12.2 Å². The minimum atomic E-state index is -0.768. The molecule has 1 heterocycles. The zero-order chi connectivity index (χ0) is 14.3. The van der Waals surface area contributed by atoms with E-state index in [4.69, 9.17) is 4.74 Å². The van der Waals surface area contributed by atoms with E-state index in [1.54, 1.807) is 18.2 Å². The van der Waals surface area contributed by atoms with Gasteiger partial charge in [0.25, 0.3) is 0 Å². The van der Waals surface area contributed by atoms with Crippen molar-refractivity contribution in [2.24, 2.45) is 0 Å². The number of fused-ring (bicyclic) bond motifs is 1. The second kappa shape index (κ2) is 4.61. The van der Waals surface area contributed by atoms with Gasteiger partial charge in [0.15, 0.2) is 11.5 Å². The van der Waals surface area contributed by atoms with Gasteiger partial charge >= 0.3 is 0 Å². The van der Waals surface area contributed by atoms with Crippen LogP contribution in [0.3, 0.4) is 0 Å². The van der Waals surface area contributed by atoms with Crippen molar-refractivity contribution < 1.29 is 25.2 Å². The van der Waals surface area contributed by atoms with Crippen LogP contribution in [0, 0.1) is 0 Å². The highest BCUT2D eigenvalue weighted by Crippen LogP contribution is 2.38. The molecule has 0 saturated heterocycles. The molecule has 2 aromatic rings. The third kappa shape index (κ3) is 2.12. The monoisotopic (exact) mass is 274 g/mol. The van der Waals surface area contributed by atoms with E-state index in [0.29, 0.717) is 17.7 Å². The summed E-state index contributed by atoms with van der Waals surface area (Å²) in [6, 6.07) is 9.03. The Morgan fingerprint density at radius 2 is 1.75 bits per heavy atom. The molecule has 1 unspecified atom stereocenters. The van der Waals surface area contributed by atoms with Gasteiger partial charge in [0, 0.05) is 12.5 Å². The summed E-state index contributed by atoms with van der Waals surface area (Å²) in [5.74, 6) is 0.109. The number of rotatable bonds is 1. The Balaban J connectivity index is 1.97. The van der Waals surface area contributed by atoms with Gasteiger partial charge in [-0.2, -0.15) is 0 Å². The fraction of sp³-hybridized carbons (Fsp3) is 0.200. The van der Waals surface area contributed by atoms with Crippen LogP contribution in [0.5, 0.6) is 23.0 Å². The third-order valence-corrected chi connectivity index (χ3v) is 3.41. The van der Waals surface area contributed by atoms with Gasteiger partial charge in [-0.15, -0.1) is 0 Å². The molecule has 0 aromatic heterocycles. The second-order valence-corrected chi connectivity index (χ2v) is 4.85. The molecule has 0 fully saturated rings. The lowest BCUT2D eigenvalue weighted by molar-refractivity contribution is 0.0205. The van der Waals surface area contributed by atoms with Crippen LogP contribution in [0.1, 0.15) is 17.2 Å². The number of ether oxygens (including phenoxy) is 1. The summed E-state index contributed by atoms with van der Waals surface area (Å²) < 4.78 is 5.70. The maximum Gasteiger partial charge on any atom is 0.157 e. The number of aliphatic hydroxyl groups is 1. The molecule has 1 aliphatic heterocycles. The van der Waals surface area contributed by atoms with E-state index in [-0.39, 0.29) is 17.2 Å². The smallest absolute Gasteiger partial charge is 0.157 e. The summed E-state index contributed by atoms with van der Waals surface area (Å²) in [5, 5.41) is 38.5. The molecular weight excluding hydrogens is 260 g/mol. The van der Waals surface area contributed by atoms with Crippen LogP contribution >= 0.6 is 0 Å². The van der Waals surface area contributed by atoms with E-state index in [2.05, 4.69) is 0 Å². The average Bonchev–Trinajstić information content (AvgIpc) is 2.42. The molecule has 4 N–H and O–H groups in total. The zero-order valence-corrected chi connectivity index (χ0v) is 10.5. The van der Waals surface area contributed by atoms with Gasteiger partial charge in [-0.3, -0.25) is 0 Å². The first kappa shape index (κ1) is 12.6. The van der Waals surface area contributed by atoms with Crippen molar-refractivity contribution in [1.82, 2.24) is 0 Å². The number of benzene rings is 2. The number of aromatic hydroxyl groups is 3. The normalized spacial score (nSPS) is 21.1. The Bertz CT molecular complexity index is 653. The maximum absolute atomic E-state index is 10.2. The van der Waals surface area contributed by atoms with Crippen LogP contribution in [0.2, 0.25) is 0 Å². The Hall–Kier alpha value is -2.40. The predicted octanol–water partition coefficient (Wildman–Crippen LogP) is 1.84. The molecule has 0 aliphatic carbocycles. The number of phenols is 3. The Kier molecular flexibility index (Phi) is 2.91. The zero-order valence-electron chi connectivity index (χ0n) is 10.5. The molecule has 1 aliphatic rings. The summed E-state index contributed by atoms with van der Waals surface area (Å²) >= 11 is 0. The van der Waals surface area contributed by atoms with Gasteiger partial charge in [0.1, 0.15) is 17.6 Å². The highest BCUT2D eigenvalue weighted by molar-refractivity contribution is 5.45. The molecule has 5 nitrogen and oxygen atoms in total. The maximum atomic E-state index is 10.2. The third-order valence-electron chi connectivity index (χ3n) is 3.41. The lowest BCUT2D eigenvalue weighted by Crippen LogP contribution is -2.30. The van der Waals surface area contributed by atoms with Crippen molar-refractivity contribution in [2.45, 2.75) is 18.6 Å². The van der Waals surface area contributed by atoms with E-state index in [0.717, 1.165) is 5.56 Å². The van der Waals surface area contributed by atoms with Gasteiger partial charge in [0.05, 0.1) is 6.10 Å². The van der Waals surface area contributed by atoms with E-state index in [9.17, 15) is 20.4 Å². The molecule has 0 radical (unpaired) electrons. The number of aliphatic hydroxyl groups excluding tert-OH is 1. The molecule has 20 heavy (non-hydrogen) atoms. The van der Waals surface area contributed by atoms with Crippen LogP contribution in [0.15, 0.2) is 36.4 Å².